The molecule has 1 atom stereocenters. The number of halogens is 1. The first-order valence-electron chi connectivity index (χ1n) is 5.93. The minimum absolute atomic E-state index is 0.201. The molecule has 1 aliphatic carbocycles. The van der Waals surface area contributed by atoms with E-state index in [1.807, 2.05) is 0 Å². The summed E-state index contributed by atoms with van der Waals surface area (Å²) in [6.45, 7) is -0.403. The van der Waals surface area contributed by atoms with Crippen molar-refractivity contribution < 1.29 is 24.0 Å². The molecule has 1 aliphatic rings. The van der Waals surface area contributed by atoms with Crippen LogP contribution in [0.15, 0.2) is 18.2 Å². The molecule has 0 heterocycles. The number of carboxylic acid groups (broad SMARTS) is 1. The lowest BCUT2D eigenvalue weighted by Gasteiger charge is -2.24. The Labute approximate surface area is 113 Å². The SMILES string of the molecule is NC(COc1ccc(F)cc1[N+](=O)[O-])(C(=O)O)C1CC1. The van der Waals surface area contributed by atoms with Crippen LogP contribution in [-0.2, 0) is 4.79 Å². The number of hydrogen-bond acceptors (Lipinski definition) is 5. The van der Waals surface area contributed by atoms with Gasteiger partial charge in [0.25, 0.3) is 0 Å². The van der Waals surface area contributed by atoms with Gasteiger partial charge in [0.2, 0.25) is 0 Å². The molecular weight excluding hydrogens is 271 g/mol. The van der Waals surface area contributed by atoms with E-state index in [4.69, 9.17) is 15.6 Å². The number of nitro groups is 1. The summed E-state index contributed by atoms with van der Waals surface area (Å²) in [6, 6.07) is 2.80. The monoisotopic (exact) mass is 284 g/mol. The molecule has 1 saturated carbocycles. The Morgan fingerprint density at radius 2 is 2.25 bits per heavy atom. The molecule has 0 aromatic heterocycles. The van der Waals surface area contributed by atoms with Crippen molar-refractivity contribution in [1.82, 2.24) is 0 Å². The number of nitrogens with zero attached hydrogens (tertiary/aromatic N) is 1. The second-order valence-electron chi connectivity index (χ2n) is 4.78. The first kappa shape index (κ1) is 14.2. The Kier molecular flexibility index (Phi) is 3.58. The van der Waals surface area contributed by atoms with Crippen LogP contribution in [0.1, 0.15) is 12.8 Å². The van der Waals surface area contributed by atoms with Crippen molar-refractivity contribution in [1.29, 1.82) is 0 Å². The highest BCUT2D eigenvalue weighted by Gasteiger charge is 2.49. The third kappa shape index (κ3) is 2.69. The zero-order chi connectivity index (χ0) is 14.9. The summed E-state index contributed by atoms with van der Waals surface area (Å²) in [5.74, 6) is -2.40. The number of carbonyl (C=O) groups is 1. The Hall–Kier alpha value is -2.22. The number of ether oxygens (including phenoxy) is 1. The Morgan fingerprint density at radius 1 is 1.60 bits per heavy atom. The molecule has 1 aromatic rings. The molecule has 108 valence electrons. The molecule has 1 unspecified atom stereocenters. The van der Waals surface area contributed by atoms with Crippen LogP contribution in [-0.4, -0.2) is 28.1 Å². The molecule has 2 rings (SSSR count). The predicted octanol–water partition coefficient (Wildman–Crippen LogP) is 1.30. The van der Waals surface area contributed by atoms with Crippen molar-refractivity contribution in [3.8, 4) is 5.75 Å². The summed E-state index contributed by atoms with van der Waals surface area (Å²) in [4.78, 5) is 21.2. The molecule has 7 nitrogen and oxygen atoms in total. The van der Waals surface area contributed by atoms with Gasteiger partial charge in [-0.3, -0.25) is 14.9 Å². The number of benzene rings is 1. The van der Waals surface area contributed by atoms with Crippen LogP contribution in [0.5, 0.6) is 5.75 Å². The summed E-state index contributed by atoms with van der Waals surface area (Å²) >= 11 is 0. The highest BCUT2D eigenvalue weighted by atomic mass is 19.1. The van der Waals surface area contributed by atoms with Gasteiger partial charge in [-0.15, -0.1) is 0 Å². The van der Waals surface area contributed by atoms with E-state index >= 15 is 0 Å². The van der Waals surface area contributed by atoms with Gasteiger partial charge >= 0.3 is 11.7 Å². The summed E-state index contributed by atoms with van der Waals surface area (Å²) in [6.07, 6.45) is 1.36. The molecule has 0 saturated heterocycles. The molecule has 1 fully saturated rings. The van der Waals surface area contributed by atoms with Crippen molar-refractivity contribution in [2.24, 2.45) is 11.7 Å². The zero-order valence-electron chi connectivity index (χ0n) is 10.4. The van der Waals surface area contributed by atoms with Crippen LogP contribution in [0.25, 0.3) is 0 Å². The maximum absolute atomic E-state index is 13.0. The minimum atomic E-state index is -1.58. The summed E-state index contributed by atoms with van der Waals surface area (Å²) in [5, 5.41) is 19.9. The van der Waals surface area contributed by atoms with Crippen LogP contribution in [0.3, 0.4) is 0 Å². The van der Waals surface area contributed by atoms with Crippen LogP contribution in [0.2, 0.25) is 0 Å². The van der Waals surface area contributed by atoms with E-state index in [0.717, 1.165) is 12.1 Å². The second-order valence-corrected chi connectivity index (χ2v) is 4.78. The van der Waals surface area contributed by atoms with Gasteiger partial charge in [-0.2, -0.15) is 0 Å². The van der Waals surface area contributed by atoms with E-state index in [0.29, 0.717) is 18.9 Å². The third-order valence-electron chi connectivity index (χ3n) is 3.29. The average Bonchev–Trinajstić information content (AvgIpc) is 3.21. The quantitative estimate of drug-likeness (QED) is 0.601. The molecular formula is C12H13FN2O5. The van der Waals surface area contributed by atoms with E-state index < -0.39 is 34.5 Å². The van der Waals surface area contributed by atoms with Crippen molar-refractivity contribution in [2.45, 2.75) is 18.4 Å². The molecule has 0 spiro atoms. The lowest BCUT2D eigenvalue weighted by Crippen LogP contribution is -2.54. The number of nitro benzene ring substituents is 1. The molecule has 1 aromatic carbocycles. The molecule has 0 aliphatic heterocycles. The first-order chi connectivity index (χ1) is 9.34. The zero-order valence-corrected chi connectivity index (χ0v) is 10.4. The number of aliphatic carboxylic acids is 1. The summed E-state index contributed by atoms with van der Waals surface area (Å²) in [5.41, 5.74) is 3.64. The van der Waals surface area contributed by atoms with Crippen molar-refractivity contribution in [3.05, 3.63) is 34.1 Å². The van der Waals surface area contributed by atoms with Gasteiger partial charge < -0.3 is 15.6 Å². The Balaban J connectivity index is 2.18. The highest BCUT2D eigenvalue weighted by Crippen LogP contribution is 2.39. The summed E-state index contributed by atoms with van der Waals surface area (Å²) in [7, 11) is 0. The standard InChI is InChI=1S/C12H13FN2O5/c13-8-3-4-10(9(5-8)15(18)19)20-6-12(14,11(16)17)7-1-2-7/h3-5,7H,1-2,6,14H2,(H,16,17). The van der Waals surface area contributed by atoms with Gasteiger partial charge in [0, 0.05) is 0 Å². The fraction of sp³-hybridized carbons (Fsp3) is 0.417. The van der Waals surface area contributed by atoms with Crippen LogP contribution in [0, 0.1) is 21.8 Å². The predicted molar refractivity (Wildman–Crippen MR) is 65.8 cm³/mol. The number of rotatable bonds is 6. The maximum atomic E-state index is 13.0. The smallest absolute Gasteiger partial charge is 0.327 e. The van der Waals surface area contributed by atoms with Gasteiger partial charge in [-0.05, 0) is 30.9 Å². The van der Waals surface area contributed by atoms with E-state index in [1.54, 1.807) is 0 Å². The fourth-order valence-electron chi connectivity index (χ4n) is 1.91. The van der Waals surface area contributed by atoms with E-state index in [9.17, 15) is 19.3 Å². The minimum Gasteiger partial charge on any atom is -0.484 e. The largest absolute Gasteiger partial charge is 0.484 e. The Bertz CT molecular complexity index is 561. The van der Waals surface area contributed by atoms with Gasteiger partial charge in [0.05, 0.1) is 11.0 Å². The Morgan fingerprint density at radius 3 is 2.75 bits per heavy atom. The normalized spacial score (nSPS) is 17.3. The molecule has 8 heteroatoms. The van der Waals surface area contributed by atoms with Crippen molar-refractivity contribution >= 4 is 11.7 Å². The summed E-state index contributed by atoms with van der Waals surface area (Å²) < 4.78 is 18.1. The lowest BCUT2D eigenvalue weighted by molar-refractivity contribution is -0.386. The van der Waals surface area contributed by atoms with E-state index in [1.165, 1.54) is 0 Å². The maximum Gasteiger partial charge on any atom is 0.327 e. The van der Waals surface area contributed by atoms with E-state index in [2.05, 4.69) is 0 Å². The number of carboxylic acids is 1. The average molecular weight is 284 g/mol. The second kappa shape index (κ2) is 5.04. The first-order valence-corrected chi connectivity index (χ1v) is 5.93. The van der Waals surface area contributed by atoms with Gasteiger partial charge in [-0.1, -0.05) is 0 Å². The van der Waals surface area contributed by atoms with Crippen LogP contribution in [0.4, 0.5) is 10.1 Å². The molecule has 20 heavy (non-hydrogen) atoms. The third-order valence-corrected chi connectivity index (χ3v) is 3.29. The molecule has 0 bridgehead atoms. The fourth-order valence-corrected chi connectivity index (χ4v) is 1.91. The molecule has 3 N–H and O–H groups in total. The van der Waals surface area contributed by atoms with Gasteiger partial charge in [0.15, 0.2) is 11.3 Å². The molecule has 0 amide bonds. The number of nitrogens with two attached hydrogens (primary N) is 1. The molecule has 0 radical (unpaired) electrons. The number of hydrogen-bond donors (Lipinski definition) is 2. The van der Waals surface area contributed by atoms with Gasteiger partial charge in [-0.25, -0.2) is 4.39 Å². The van der Waals surface area contributed by atoms with Crippen LogP contribution < -0.4 is 10.5 Å². The van der Waals surface area contributed by atoms with Gasteiger partial charge in [0.1, 0.15) is 12.4 Å². The van der Waals surface area contributed by atoms with Crippen molar-refractivity contribution in [2.75, 3.05) is 6.61 Å². The van der Waals surface area contributed by atoms with Crippen LogP contribution >= 0.6 is 0 Å². The topological polar surface area (TPSA) is 116 Å². The van der Waals surface area contributed by atoms with E-state index in [-0.39, 0.29) is 11.7 Å². The highest BCUT2D eigenvalue weighted by molar-refractivity contribution is 5.79. The lowest BCUT2D eigenvalue weighted by atomic mass is 9.96. The van der Waals surface area contributed by atoms with Crippen molar-refractivity contribution in [3.63, 3.8) is 0 Å².